The Labute approximate surface area is 147 Å². The van der Waals surface area contributed by atoms with Crippen LogP contribution in [0, 0.1) is 10.1 Å². The Morgan fingerprint density at radius 2 is 1.92 bits per heavy atom. The van der Waals surface area contributed by atoms with E-state index in [1.54, 1.807) is 12.1 Å². The summed E-state index contributed by atoms with van der Waals surface area (Å²) in [5, 5.41) is 10.9. The van der Waals surface area contributed by atoms with Crippen molar-refractivity contribution >= 4 is 11.6 Å². The summed E-state index contributed by atoms with van der Waals surface area (Å²) in [7, 11) is 1.94. The number of rotatable bonds is 5. The van der Waals surface area contributed by atoms with Gasteiger partial charge in [0.25, 0.3) is 5.69 Å². The molecule has 1 aromatic carbocycles. The Morgan fingerprint density at radius 3 is 2.44 bits per heavy atom. The smallest absolute Gasteiger partial charge is 0.269 e. The average molecular weight is 343 g/mol. The second kappa shape index (κ2) is 6.09. The molecule has 0 spiro atoms. The van der Waals surface area contributed by atoms with Crippen LogP contribution in [0.3, 0.4) is 0 Å². The van der Waals surface area contributed by atoms with E-state index in [1.807, 2.05) is 11.9 Å². The Kier molecular flexibility index (Phi) is 4.02. The summed E-state index contributed by atoms with van der Waals surface area (Å²) in [4.78, 5) is 28.3. The van der Waals surface area contributed by atoms with Crippen molar-refractivity contribution in [3.63, 3.8) is 0 Å². The van der Waals surface area contributed by atoms with Crippen molar-refractivity contribution in [2.24, 2.45) is 0 Å². The van der Waals surface area contributed by atoms with Gasteiger partial charge in [0, 0.05) is 44.4 Å². The quantitative estimate of drug-likeness (QED) is 0.609. The van der Waals surface area contributed by atoms with Gasteiger partial charge in [-0.15, -0.1) is 0 Å². The van der Waals surface area contributed by atoms with E-state index in [2.05, 4.69) is 4.90 Å². The lowest BCUT2D eigenvalue weighted by Gasteiger charge is -2.44. The Bertz CT molecular complexity index is 680. The molecule has 1 saturated heterocycles. The van der Waals surface area contributed by atoms with Gasteiger partial charge in [0.15, 0.2) is 0 Å². The Balaban J connectivity index is 1.51. The molecule has 3 fully saturated rings. The van der Waals surface area contributed by atoms with Crippen LogP contribution in [0.25, 0.3) is 0 Å². The van der Waals surface area contributed by atoms with Crippen LogP contribution < -0.4 is 0 Å². The van der Waals surface area contributed by atoms with Gasteiger partial charge in [-0.3, -0.25) is 19.8 Å². The van der Waals surface area contributed by atoms with Crippen LogP contribution in [0.1, 0.15) is 44.1 Å². The van der Waals surface area contributed by atoms with E-state index in [9.17, 15) is 14.9 Å². The highest BCUT2D eigenvalue weighted by atomic mass is 16.6. The summed E-state index contributed by atoms with van der Waals surface area (Å²) >= 11 is 0. The lowest BCUT2D eigenvalue weighted by Crippen LogP contribution is -2.53. The van der Waals surface area contributed by atoms with E-state index >= 15 is 0 Å². The second-order valence-electron chi connectivity index (χ2n) is 7.82. The molecule has 0 bridgehead atoms. The minimum atomic E-state index is -0.475. The van der Waals surface area contributed by atoms with Gasteiger partial charge in [0.2, 0.25) is 5.91 Å². The van der Waals surface area contributed by atoms with Crippen LogP contribution in [0.5, 0.6) is 0 Å². The average Bonchev–Trinajstić information content (AvgIpc) is 3.31. The van der Waals surface area contributed by atoms with Gasteiger partial charge in [0.05, 0.1) is 10.3 Å². The summed E-state index contributed by atoms with van der Waals surface area (Å²) in [6.07, 6.45) is 6.37. The SMILES string of the molecule is CN(C(=O)C1(c2ccc([N+](=O)[O-])cc2)CCC1)C1CCN(C2CC2)C1. The van der Waals surface area contributed by atoms with Crippen LogP contribution in [0.4, 0.5) is 5.69 Å². The molecule has 6 nitrogen and oxygen atoms in total. The number of nitro benzene ring substituents is 1. The molecule has 3 aliphatic rings. The summed E-state index contributed by atoms with van der Waals surface area (Å²) in [5.41, 5.74) is 0.532. The number of nitrogens with zero attached hydrogens (tertiary/aromatic N) is 3. The third-order valence-electron chi connectivity index (χ3n) is 6.37. The van der Waals surface area contributed by atoms with E-state index in [4.69, 9.17) is 0 Å². The van der Waals surface area contributed by atoms with E-state index in [1.165, 1.54) is 25.0 Å². The van der Waals surface area contributed by atoms with Gasteiger partial charge in [-0.1, -0.05) is 18.6 Å². The van der Waals surface area contributed by atoms with E-state index in [-0.39, 0.29) is 11.6 Å². The molecule has 6 heteroatoms. The van der Waals surface area contributed by atoms with Gasteiger partial charge < -0.3 is 4.90 Å². The maximum atomic E-state index is 13.3. The predicted octanol–water partition coefficient (Wildman–Crippen LogP) is 2.71. The molecule has 134 valence electrons. The number of hydrogen-bond acceptors (Lipinski definition) is 4. The lowest BCUT2D eigenvalue weighted by atomic mass is 9.63. The standard InChI is InChI=1S/C19H25N3O3/c1-20(17-9-12-21(13-17)15-7-8-15)18(23)19(10-2-11-19)14-3-5-16(6-4-14)22(24)25/h3-6,15,17H,2,7-13H2,1H3. The van der Waals surface area contributed by atoms with Crippen LogP contribution in [0.2, 0.25) is 0 Å². The van der Waals surface area contributed by atoms with Gasteiger partial charge >= 0.3 is 0 Å². The number of nitro groups is 1. The molecule has 1 heterocycles. The molecule has 1 unspecified atom stereocenters. The normalized spacial score (nSPS) is 25.4. The number of benzene rings is 1. The molecule has 0 radical (unpaired) electrons. The number of carbonyl (C=O) groups excluding carboxylic acids is 1. The van der Waals surface area contributed by atoms with Crippen molar-refractivity contribution in [1.82, 2.24) is 9.80 Å². The molecular formula is C19H25N3O3. The zero-order valence-corrected chi connectivity index (χ0v) is 14.7. The summed E-state index contributed by atoms with van der Waals surface area (Å²) < 4.78 is 0. The number of hydrogen-bond donors (Lipinski definition) is 0. The summed E-state index contributed by atoms with van der Waals surface area (Å²) in [5.74, 6) is 0.190. The van der Waals surface area contributed by atoms with E-state index in [0.29, 0.717) is 6.04 Å². The molecule has 2 saturated carbocycles. The van der Waals surface area contributed by atoms with Crippen molar-refractivity contribution < 1.29 is 9.72 Å². The number of carbonyl (C=O) groups is 1. The zero-order valence-electron chi connectivity index (χ0n) is 14.7. The fourth-order valence-electron chi connectivity index (χ4n) is 4.42. The molecule has 1 aliphatic heterocycles. The van der Waals surface area contributed by atoms with Crippen LogP contribution >= 0.6 is 0 Å². The van der Waals surface area contributed by atoms with Gasteiger partial charge in [-0.25, -0.2) is 0 Å². The minimum Gasteiger partial charge on any atom is -0.341 e. The van der Waals surface area contributed by atoms with Crippen LogP contribution in [-0.4, -0.2) is 52.9 Å². The molecular weight excluding hydrogens is 318 g/mol. The number of likely N-dealkylation sites (tertiary alicyclic amines) is 1. The second-order valence-corrected chi connectivity index (χ2v) is 7.82. The van der Waals surface area contributed by atoms with Crippen LogP contribution in [-0.2, 0) is 10.2 Å². The third kappa shape index (κ3) is 2.82. The highest BCUT2D eigenvalue weighted by Gasteiger charge is 2.49. The largest absolute Gasteiger partial charge is 0.341 e. The fourth-order valence-corrected chi connectivity index (χ4v) is 4.42. The molecule has 0 N–H and O–H groups in total. The van der Waals surface area contributed by atoms with Crippen LogP contribution in [0.15, 0.2) is 24.3 Å². The highest BCUT2D eigenvalue weighted by molar-refractivity contribution is 5.89. The Hall–Kier alpha value is -1.95. The first-order chi connectivity index (χ1) is 12.0. The molecule has 1 atom stereocenters. The zero-order chi connectivity index (χ0) is 17.6. The Morgan fingerprint density at radius 1 is 1.24 bits per heavy atom. The number of amides is 1. The van der Waals surface area contributed by atoms with Gasteiger partial charge in [0.1, 0.15) is 0 Å². The van der Waals surface area contributed by atoms with Crippen molar-refractivity contribution in [2.75, 3.05) is 20.1 Å². The topological polar surface area (TPSA) is 66.7 Å². The predicted molar refractivity (Wildman–Crippen MR) is 94.4 cm³/mol. The molecule has 0 aromatic heterocycles. The number of non-ortho nitro benzene ring substituents is 1. The minimum absolute atomic E-state index is 0.0786. The maximum absolute atomic E-state index is 13.3. The van der Waals surface area contributed by atoms with Crippen molar-refractivity contribution in [3.8, 4) is 0 Å². The molecule has 25 heavy (non-hydrogen) atoms. The van der Waals surface area contributed by atoms with Crippen molar-refractivity contribution in [3.05, 3.63) is 39.9 Å². The summed E-state index contributed by atoms with van der Waals surface area (Å²) in [6, 6.07) is 7.63. The maximum Gasteiger partial charge on any atom is 0.269 e. The molecule has 1 aromatic rings. The first kappa shape index (κ1) is 16.5. The molecule has 1 amide bonds. The molecule has 2 aliphatic carbocycles. The van der Waals surface area contributed by atoms with Gasteiger partial charge in [-0.05, 0) is 37.7 Å². The summed E-state index contributed by atoms with van der Waals surface area (Å²) in [6.45, 7) is 2.08. The van der Waals surface area contributed by atoms with E-state index in [0.717, 1.165) is 50.4 Å². The van der Waals surface area contributed by atoms with Gasteiger partial charge in [-0.2, -0.15) is 0 Å². The fraction of sp³-hybridized carbons (Fsp3) is 0.632. The third-order valence-corrected chi connectivity index (χ3v) is 6.37. The van der Waals surface area contributed by atoms with E-state index < -0.39 is 10.3 Å². The monoisotopic (exact) mass is 343 g/mol. The van der Waals surface area contributed by atoms with Crippen molar-refractivity contribution in [2.45, 2.75) is 56.0 Å². The number of likely N-dealkylation sites (N-methyl/N-ethyl adjacent to an activating group) is 1. The highest BCUT2D eigenvalue weighted by Crippen LogP contribution is 2.46. The lowest BCUT2D eigenvalue weighted by molar-refractivity contribution is -0.384. The first-order valence-corrected chi connectivity index (χ1v) is 9.27. The first-order valence-electron chi connectivity index (χ1n) is 9.27. The molecule has 4 rings (SSSR count). The van der Waals surface area contributed by atoms with Crippen molar-refractivity contribution in [1.29, 1.82) is 0 Å².